The predicted octanol–water partition coefficient (Wildman–Crippen LogP) is 2.61. The Kier molecular flexibility index (Phi) is 3.94. The van der Waals surface area contributed by atoms with Crippen LogP contribution >= 0.6 is 0 Å². The Balaban J connectivity index is 2.13. The van der Waals surface area contributed by atoms with E-state index >= 15 is 0 Å². The van der Waals surface area contributed by atoms with Gasteiger partial charge in [-0.25, -0.2) is 0 Å². The highest BCUT2D eigenvalue weighted by Gasteiger charge is 2.04. The number of likely N-dealkylation sites (N-methyl/N-ethyl adjacent to an activating group) is 1. The lowest BCUT2D eigenvalue weighted by Gasteiger charge is -2.14. The summed E-state index contributed by atoms with van der Waals surface area (Å²) in [5.41, 5.74) is 0.973. The molecular weight excluding hydrogens is 212 g/mol. The summed E-state index contributed by atoms with van der Waals surface area (Å²) in [4.78, 5) is 4.31. The summed E-state index contributed by atoms with van der Waals surface area (Å²) in [6, 6.07) is 10.3. The highest BCUT2D eigenvalue weighted by molar-refractivity contribution is 5.84. The van der Waals surface area contributed by atoms with Gasteiger partial charge in [0.25, 0.3) is 0 Å². The van der Waals surface area contributed by atoms with Crippen molar-refractivity contribution >= 4 is 10.9 Å². The van der Waals surface area contributed by atoms with Crippen LogP contribution in [0.4, 0.5) is 0 Å². The Morgan fingerprint density at radius 1 is 1.29 bits per heavy atom. The first kappa shape index (κ1) is 11.9. The smallest absolute Gasteiger partial charge is 0.128 e. The van der Waals surface area contributed by atoms with Crippen LogP contribution in [-0.2, 0) is 0 Å². The van der Waals surface area contributed by atoms with Crippen LogP contribution in [0.25, 0.3) is 10.9 Å². The maximum atomic E-state index is 5.83. The zero-order valence-corrected chi connectivity index (χ0v) is 10.3. The minimum atomic E-state index is 0.354. The van der Waals surface area contributed by atoms with Crippen LogP contribution in [-0.4, -0.2) is 24.2 Å². The fourth-order valence-corrected chi connectivity index (χ4v) is 1.82. The highest BCUT2D eigenvalue weighted by atomic mass is 16.5. The van der Waals surface area contributed by atoms with Crippen molar-refractivity contribution in [2.45, 2.75) is 19.9 Å². The van der Waals surface area contributed by atoms with Gasteiger partial charge in [-0.05, 0) is 37.7 Å². The highest BCUT2D eigenvalue weighted by Crippen LogP contribution is 2.23. The molecule has 2 rings (SSSR count). The lowest BCUT2D eigenvalue weighted by Crippen LogP contribution is -2.31. The number of aromatic nitrogens is 1. The number of benzene rings is 1. The second-order valence-corrected chi connectivity index (χ2v) is 4.10. The molecule has 0 spiro atoms. The molecule has 0 aliphatic rings. The van der Waals surface area contributed by atoms with Crippen LogP contribution in [0.5, 0.6) is 5.75 Å². The first-order valence-electron chi connectivity index (χ1n) is 6.01. The van der Waals surface area contributed by atoms with Gasteiger partial charge in [0, 0.05) is 17.6 Å². The molecule has 0 amide bonds. The van der Waals surface area contributed by atoms with Gasteiger partial charge >= 0.3 is 0 Å². The maximum absolute atomic E-state index is 5.83. The number of ether oxygens (including phenoxy) is 1. The summed E-state index contributed by atoms with van der Waals surface area (Å²) in [5.74, 6) is 0.903. The lowest BCUT2D eigenvalue weighted by molar-refractivity contribution is 0.278. The summed E-state index contributed by atoms with van der Waals surface area (Å²) in [6.45, 7) is 5.84. The molecule has 0 fully saturated rings. The number of nitrogens with zero attached hydrogens (tertiary/aromatic N) is 1. The predicted molar refractivity (Wildman–Crippen MR) is 70.4 cm³/mol. The van der Waals surface area contributed by atoms with Gasteiger partial charge in [0.1, 0.15) is 12.4 Å². The van der Waals surface area contributed by atoms with Crippen LogP contribution in [0.2, 0.25) is 0 Å². The normalized spacial score (nSPS) is 12.6. The second-order valence-electron chi connectivity index (χ2n) is 4.10. The molecule has 2 aromatic rings. The van der Waals surface area contributed by atoms with Crippen molar-refractivity contribution in [3.8, 4) is 5.75 Å². The minimum Gasteiger partial charge on any atom is -0.491 e. The Labute approximate surface area is 102 Å². The van der Waals surface area contributed by atoms with Gasteiger partial charge in [0.2, 0.25) is 0 Å². The van der Waals surface area contributed by atoms with Crippen LogP contribution in [0.1, 0.15) is 13.8 Å². The zero-order chi connectivity index (χ0) is 12.1. The van der Waals surface area contributed by atoms with E-state index in [1.54, 1.807) is 6.20 Å². The third kappa shape index (κ3) is 2.94. The third-order valence-corrected chi connectivity index (χ3v) is 2.65. The first-order valence-corrected chi connectivity index (χ1v) is 6.01. The van der Waals surface area contributed by atoms with Crippen LogP contribution in [0.3, 0.4) is 0 Å². The average molecular weight is 230 g/mol. The molecule has 0 aliphatic carbocycles. The van der Waals surface area contributed by atoms with Crippen molar-refractivity contribution in [1.29, 1.82) is 0 Å². The molecule has 17 heavy (non-hydrogen) atoms. The van der Waals surface area contributed by atoms with Crippen molar-refractivity contribution in [3.05, 3.63) is 36.5 Å². The van der Waals surface area contributed by atoms with E-state index in [2.05, 4.69) is 24.1 Å². The molecule has 1 N–H and O–H groups in total. The van der Waals surface area contributed by atoms with E-state index in [-0.39, 0.29) is 0 Å². The van der Waals surface area contributed by atoms with Gasteiger partial charge < -0.3 is 10.1 Å². The van der Waals surface area contributed by atoms with Gasteiger partial charge in [0.05, 0.1) is 5.52 Å². The number of rotatable bonds is 5. The molecule has 0 saturated carbocycles. The molecule has 3 heteroatoms. The number of pyridine rings is 1. The quantitative estimate of drug-likeness (QED) is 0.857. The fourth-order valence-electron chi connectivity index (χ4n) is 1.82. The molecule has 0 aliphatic heterocycles. The average Bonchev–Trinajstić information content (AvgIpc) is 2.36. The first-order chi connectivity index (χ1) is 8.31. The Morgan fingerprint density at radius 2 is 2.18 bits per heavy atom. The lowest BCUT2D eigenvalue weighted by atomic mass is 10.2. The molecule has 1 aromatic carbocycles. The Hall–Kier alpha value is -1.61. The second kappa shape index (κ2) is 5.64. The Bertz CT molecular complexity index is 479. The van der Waals surface area contributed by atoms with Crippen molar-refractivity contribution in [1.82, 2.24) is 10.3 Å². The molecule has 0 radical (unpaired) electrons. The molecule has 1 atom stereocenters. The van der Waals surface area contributed by atoms with E-state index in [0.717, 1.165) is 23.2 Å². The van der Waals surface area contributed by atoms with Crippen molar-refractivity contribution < 1.29 is 4.74 Å². The molecule has 1 aromatic heterocycles. The van der Waals surface area contributed by atoms with Crippen molar-refractivity contribution in [3.63, 3.8) is 0 Å². The molecule has 0 bridgehead atoms. The molecule has 1 unspecified atom stereocenters. The van der Waals surface area contributed by atoms with Gasteiger partial charge in [-0.3, -0.25) is 4.98 Å². The standard InChI is InChI=1S/C14H18N2O/c1-3-15-11(2)10-17-14-8-4-7-13-12(14)6-5-9-16-13/h4-9,11,15H,3,10H2,1-2H3. The van der Waals surface area contributed by atoms with Gasteiger partial charge in [0.15, 0.2) is 0 Å². The van der Waals surface area contributed by atoms with Gasteiger partial charge in [-0.1, -0.05) is 13.0 Å². The number of fused-ring (bicyclic) bond motifs is 1. The van der Waals surface area contributed by atoms with E-state index in [4.69, 9.17) is 4.74 Å². The van der Waals surface area contributed by atoms with Gasteiger partial charge in [-0.15, -0.1) is 0 Å². The minimum absolute atomic E-state index is 0.354. The number of hydrogen-bond acceptors (Lipinski definition) is 3. The molecule has 1 heterocycles. The zero-order valence-electron chi connectivity index (χ0n) is 10.3. The third-order valence-electron chi connectivity index (χ3n) is 2.65. The fraction of sp³-hybridized carbons (Fsp3) is 0.357. The van der Waals surface area contributed by atoms with E-state index in [1.807, 2.05) is 30.3 Å². The van der Waals surface area contributed by atoms with Gasteiger partial charge in [-0.2, -0.15) is 0 Å². The summed E-state index contributed by atoms with van der Waals surface area (Å²) >= 11 is 0. The number of nitrogens with one attached hydrogen (secondary N) is 1. The SMILES string of the molecule is CCNC(C)COc1cccc2ncccc12. The van der Waals surface area contributed by atoms with Crippen LogP contribution in [0.15, 0.2) is 36.5 Å². The van der Waals surface area contributed by atoms with Crippen LogP contribution < -0.4 is 10.1 Å². The maximum Gasteiger partial charge on any atom is 0.128 e. The largest absolute Gasteiger partial charge is 0.491 e. The number of hydrogen-bond donors (Lipinski definition) is 1. The molecule has 3 nitrogen and oxygen atoms in total. The molecular formula is C14H18N2O. The summed E-state index contributed by atoms with van der Waals surface area (Å²) in [6.07, 6.45) is 1.80. The van der Waals surface area contributed by atoms with Crippen molar-refractivity contribution in [2.75, 3.05) is 13.2 Å². The molecule has 90 valence electrons. The van der Waals surface area contributed by atoms with E-state index < -0.39 is 0 Å². The molecule has 0 saturated heterocycles. The van der Waals surface area contributed by atoms with Crippen LogP contribution in [0, 0.1) is 0 Å². The van der Waals surface area contributed by atoms with E-state index in [1.165, 1.54) is 0 Å². The van der Waals surface area contributed by atoms with E-state index in [0.29, 0.717) is 12.6 Å². The summed E-state index contributed by atoms with van der Waals surface area (Å²) < 4.78 is 5.83. The summed E-state index contributed by atoms with van der Waals surface area (Å²) in [5, 5.41) is 4.39. The topological polar surface area (TPSA) is 34.1 Å². The summed E-state index contributed by atoms with van der Waals surface area (Å²) in [7, 11) is 0. The Morgan fingerprint density at radius 3 is 3.00 bits per heavy atom. The van der Waals surface area contributed by atoms with E-state index in [9.17, 15) is 0 Å². The monoisotopic (exact) mass is 230 g/mol. The van der Waals surface area contributed by atoms with Crippen molar-refractivity contribution in [2.24, 2.45) is 0 Å².